The number of amidine groups is 1. The first-order chi connectivity index (χ1) is 16.9. The summed E-state index contributed by atoms with van der Waals surface area (Å²) in [5.41, 5.74) is 2.13. The number of rotatable bonds is 7. The van der Waals surface area contributed by atoms with Crippen LogP contribution in [-0.2, 0) is 16.1 Å². The van der Waals surface area contributed by atoms with E-state index in [1.165, 1.54) is 11.8 Å². The number of hydrogen-bond donors (Lipinski definition) is 1. The Morgan fingerprint density at radius 3 is 2.51 bits per heavy atom. The monoisotopic (exact) mass is 527 g/mol. The van der Waals surface area contributed by atoms with Gasteiger partial charge in [0.25, 0.3) is 0 Å². The standard InChI is InChI=1S/C26H23Cl2N3O3S/c1-2-34-22-12-10-20(11-13-22)29-25(33)23-15-24(32)31(16-17-6-8-18(27)9-7-17)26(35-23)30-21-5-3-4-19(28)14-21/h3-14,23H,2,15-16H2,1H3,(H,29,33). The highest BCUT2D eigenvalue weighted by Gasteiger charge is 2.36. The number of aliphatic imine (C=N–C) groups is 1. The van der Waals surface area contributed by atoms with Gasteiger partial charge in [-0.05, 0) is 67.1 Å². The number of thioether (sulfide) groups is 1. The number of carbonyl (C=O) groups is 2. The van der Waals surface area contributed by atoms with Gasteiger partial charge in [-0.25, -0.2) is 4.99 Å². The molecular formula is C26H23Cl2N3O3S. The van der Waals surface area contributed by atoms with E-state index < -0.39 is 5.25 Å². The zero-order valence-electron chi connectivity index (χ0n) is 18.9. The molecule has 1 N–H and O–H groups in total. The highest BCUT2D eigenvalue weighted by molar-refractivity contribution is 8.15. The number of anilines is 1. The molecule has 3 aromatic rings. The molecule has 1 fully saturated rings. The van der Waals surface area contributed by atoms with Gasteiger partial charge in [0, 0.05) is 22.2 Å². The molecule has 1 heterocycles. The van der Waals surface area contributed by atoms with Crippen LogP contribution in [0, 0.1) is 0 Å². The van der Waals surface area contributed by atoms with Gasteiger partial charge in [0.05, 0.1) is 18.8 Å². The summed E-state index contributed by atoms with van der Waals surface area (Å²) in [5.74, 6) is 0.269. The SMILES string of the molecule is CCOc1ccc(NC(=O)C2CC(=O)N(Cc3ccc(Cl)cc3)C(=Nc3cccc(Cl)c3)S2)cc1. The van der Waals surface area contributed by atoms with Crippen molar-refractivity contribution < 1.29 is 14.3 Å². The number of halogens is 2. The van der Waals surface area contributed by atoms with Gasteiger partial charge in [-0.3, -0.25) is 14.5 Å². The van der Waals surface area contributed by atoms with Crippen molar-refractivity contribution in [2.45, 2.75) is 25.1 Å². The molecule has 1 aliphatic rings. The van der Waals surface area contributed by atoms with Gasteiger partial charge in [0.15, 0.2) is 5.17 Å². The lowest BCUT2D eigenvalue weighted by Gasteiger charge is -2.32. The third-order valence-electron chi connectivity index (χ3n) is 5.15. The predicted molar refractivity (Wildman–Crippen MR) is 143 cm³/mol. The number of benzene rings is 3. The first-order valence-electron chi connectivity index (χ1n) is 11.0. The van der Waals surface area contributed by atoms with Gasteiger partial charge in [-0.1, -0.05) is 53.2 Å². The van der Waals surface area contributed by atoms with Crippen LogP contribution in [-0.4, -0.2) is 33.7 Å². The minimum Gasteiger partial charge on any atom is -0.494 e. The van der Waals surface area contributed by atoms with Gasteiger partial charge in [0.1, 0.15) is 11.0 Å². The summed E-state index contributed by atoms with van der Waals surface area (Å²) in [6.45, 7) is 2.79. The van der Waals surface area contributed by atoms with E-state index in [1.807, 2.05) is 19.1 Å². The van der Waals surface area contributed by atoms with Crippen LogP contribution >= 0.6 is 35.0 Å². The maximum atomic E-state index is 13.2. The van der Waals surface area contributed by atoms with Gasteiger partial charge in [-0.2, -0.15) is 0 Å². The van der Waals surface area contributed by atoms with Crippen LogP contribution < -0.4 is 10.1 Å². The van der Waals surface area contributed by atoms with Gasteiger partial charge in [-0.15, -0.1) is 0 Å². The number of nitrogens with one attached hydrogen (secondary N) is 1. The second kappa shape index (κ2) is 11.6. The van der Waals surface area contributed by atoms with Crippen molar-refractivity contribution in [2.75, 3.05) is 11.9 Å². The molecule has 1 saturated heterocycles. The van der Waals surface area contributed by atoms with Crippen LogP contribution in [0.5, 0.6) is 5.75 Å². The largest absolute Gasteiger partial charge is 0.494 e. The molecule has 3 aromatic carbocycles. The Balaban J connectivity index is 1.56. The molecule has 4 rings (SSSR count). The Morgan fingerprint density at radius 2 is 1.83 bits per heavy atom. The van der Waals surface area contributed by atoms with Crippen molar-refractivity contribution in [1.82, 2.24) is 4.90 Å². The summed E-state index contributed by atoms with van der Waals surface area (Å²) in [7, 11) is 0. The third kappa shape index (κ3) is 6.78. The summed E-state index contributed by atoms with van der Waals surface area (Å²) in [6, 6.07) is 21.5. The smallest absolute Gasteiger partial charge is 0.238 e. The van der Waals surface area contributed by atoms with E-state index in [9.17, 15) is 9.59 Å². The quantitative estimate of drug-likeness (QED) is 0.378. The topological polar surface area (TPSA) is 71.0 Å². The summed E-state index contributed by atoms with van der Waals surface area (Å²) in [6.07, 6.45) is 0.0513. The molecule has 2 amide bonds. The average molecular weight is 528 g/mol. The van der Waals surface area contributed by atoms with Crippen molar-refractivity contribution in [1.29, 1.82) is 0 Å². The molecule has 0 spiro atoms. The lowest BCUT2D eigenvalue weighted by atomic mass is 10.2. The maximum absolute atomic E-state index is 13.2. The van der Waals surface area contributed by atoms with E-state index >= 15 is 0 Å². The normalized spacial score (nSPS) is 16.9. The van der Waals surface area contributed by atoms with E-state index in [2.05, 4.69) is 10.3 Å². The fourth-order valence-electron chi connectivity index (χ4n) is 3.45. The van der Waals surface area contributed by atoms with Crippen LogP contribution in [0.4, 0.5) is 11.4 Å². The van der Waals surface area contributed by atoms with E-state index in [0.29, 0.717) is 39.7 Å². The summed E-state index contributed by atoms with van der Waals surface area (Å²) < 4.78 is 5.44. The highest BCUT2D eigenvalue weighted by atomic mass is 35.5. The first kappa shape index (κ1) is 25.1. The van der Waals surface area contributed by atoms with Crippen molar-refractivity contribution >= 4 is 63.3 Å². The number of nitrogens with zero attached hydrogens (tertiary/aromatic N) is 2. The molecule has 1 atom stereocenters. The van der Waals surface area contributed by atoms with Crippen molar-refractivity contribution in [3.63, 3.8) is 0 Å². The number of amides is 2. The zero-order valence-corrected chi connectivity index (χ0v) is 21.2. The summed E-state index contributed by atoms with van der Waals surface area (Å²) in [4.78, 5) is 32.5. The molecular weight excluding hydrogens is 505 g/mol. The molecule has 6 nitrogen and oxygen atoms in total. The molecule has 0 saturated carbocycles. The molecule has 180 valence electrons. The van der Waals surface area contributed by atoms with Crippen molar-refractivity contribution in [3.05, 3.63) is 88.4 Å². The molecule has 0 radical (unpaired) electrons. The molecule has 0 aliphatic carbocycles. The van der Waals surface area contributed by atoms with E-state index in [-0.39, 0.29) is 18.2 Å². The van der Waals surface area contributed by atoms with E-state index in [4.69, 9.17) is 27.9 Å². The van der Waals surface area contributed by atoms with Crippen molar-refractivity contribution in [2.24, 2.45) is 4.99 Å². The zero-order chi connectivity index (χ0) is 24.8. The van der Waals surface area contributed by atoms with Crippen LogP contribution in [0.2, 0.25) is 10.0 Å². The minimum absolute atomic E-state index is 0.0513. The number of ether oxygens (including phenoxy) is 1. The van der Waals surface area contributed by atoms with Crippen LogP contribution in [0.15, 0.2) is 77.8 Å². The molecule has 1 unspecified atom stereocenters. The maximum Gasteiger partial charge on any atom is 0.238 e. The van der Waals surface area contributed by atoms with Crippen LogP contribution in [0.1, 0.15) is 18.9 Å². The Bertz CT molecular complexity index is 1230. The fourth-order valence-corrected chi connectivity index (χ4v) is 4.86. The van der Waals surface area contributed by atoms with Crippen molar-refractivity contribution in [3.8, 4) is 5.75 Å². The summed E-state index contributed by atoms with van der Waals surface area (Å²) >= 11 is 13.4. The van der Waals surface area contributed by atoms with Gasteiger partial charge in [0.2, 0.25) is 11.8 Å². The molecule has 9 heteroatoms. The number of carbonyl (C=O) groups excluding carboxylic acids is 2. The Hall–Kier alpha value is -3.00. The third-order valence-corrected chi connectivity index (χ3v) is 6.83. The Kier molecular flexibility index (Phi) is 8.33. The Morgan fingerprint density at radius 1 is 1.09 bits per heavy atom. The highest BCUT2D eigenvalue weighted by Crippen LogP contribution is 2.32. The predicted octanol–water partition coefficient (Wildman–Crippen LogP) is 6.55. The number of hydrogen-bond acceptors (Lipinski definition) is 5. The lowest BCUT2D eigenvalue weighted by molar-refractivity contribution is -0.129. The molecule has 0 aromatic heterocycles. The summed E-state index contributed by atoms with van der Waals surface area (Å²) in [5, 5.41) is 3.85. The molecule has 1 aliphatic heterocycles. The average Bonchev–Trinajstić information content (AvgIpc) is 2.84. The first-order valence-corrected chi connectivity index (χ1v) is 12.6. The second-order valence-corrected chi connectivity index (χ2v) is 9.78. The van der Waals surface area contributed by atoms with Gasteiger partial charge < -0.3 is 10.1 Å². The lowest BCUT2D eigenvalue weighted by Crippen LogP contribution is -2.44. The fraction of sp³-hybridized carbons (Fsp3) is 0.192. The van der Waals surface area contributed by atoms with E-state index in [1.54, 1.807) is 65.6 Å². The van der Waals surface area contributed by atoms with Gasteiger partial charge >= 0.3 is 0 Å². The Labute approximate surface area is 218 Å². The van der Waals surface area contributed by atoms with Crippen LogP contribution in [0.3, 0.4) is 0 Å². The molecule has 35 heavy (non-hydrogen) atoms. The minimum atomic E-state index is -0.631. The van der Waals surface area contributed by atoms with E-state index in [0.717, 1.165) is 11.3 Å². The molecule has 0 bridgehead atoms. The second-order valence-electron chi connectivity index (χ2n) is 7.74. The van der Waals surface area contributed by atoms with Crippen LogP contribution in [0.25, 0.3) is 0 Å².